The number of benzene rings is 2. The average molecular weight is 316 g/mol. The molecular weight excluding hydrogens is 304 g/mol. The van der Waals surface area contributed by atoms with Crippen molar-refractivity contribution in [3.63, 3.8) is 0 Å². The number of hydrogen-bond acceptors (Lipinski definition) is 6. The van der Waals surface area contributed by atoms with Crippen LogP contribution in [0, 0.1) is 10.1 Å². The Morgan fingerprint density at radius 2 is 2.09 bits per heavy atom. The van der Waals surface area contributed by atoms with Crippen LogP contribution in [0.25, 0.3) is 20.8 Å². The van der Waals surface area contributed by atoms with Gasteiger partial charge >= 0.3 is 5.69 Å². The van der Waals surface area contributed by atoms with Crippen molar-refractivity contribution in [3.05, 3.63) is 52.6 Å². The summed E-state index contributed by atoms with van der Waals surface area (Å²) in [6, 6.07) is 12.5. The number of aromatic nitrogens is 1. The third-order valence-electron chi connectivity index (χ3n) is 3.03. The summed E-state index contributed by atoms with van der Waals surface area (Å²) in [4.78, 5) is 15.1. The van der Waals surface area contributed by atoms with E-state index in [0.29, 0.717) is 0 Å². The van der Waals surface area contributed by atoms with Crippen molar-refractivity contribution >= 4 is 27.2 Å². The Morgan fingerprint density at radius 3 is 2.82 bits per heavy atom. The van der Waals surface area contributed by atoms with Crippen molar-refractivity contribution in [3.8, 4) is 16.3 Å². The van der Waals surface area contributed by atoms with E-state index in [0.717, 1.165) is 20.8 Å². The lowest BCUT2D eigenvalue weighted by Crippen LogP contribution is -2.02. The summed E-state index contributed by atoms with van der Waals surface area (Å²) in [6.45, 7) is -0.0515. The number of para-hydroxylation sites is 1. The largest absolute Gasteiger partial charge is 0.460 e. The van der Waals surface area contributed by atoms with Gasteiger partial charge in [0, 0.05) is 18.7 Å². The summed E-state index contributed by atoms with van der Waals surface area (Å²) in [5.74, 6) is 0.170. The number of nitro benzene ring substituents is 1. The number of fused-ring (bicyclic) bond motifs is 1. The second kappa shape index (κ2) is 6.08. The normalized spacial score (nSPS) is 10.8. The van der Waals surface area contributed by atoms with Crippen LogP contribution < -0.4 is 4.74 Å². The van der Waals surface area contributed by atoms with Crippen LogP contribution in [-0.2, 0) is 4.74 Å². The molecule has 6 nitrogen and oxygen atoms in total. The highest BCUT2D eigenvalue weighted by atomic mass is 32.1. The van der Waals surface area contributed by atoms with Crippen LogP contribution >= 0.6 is 11.3 Å². The van der Waals surface area contributed by atoms with Gasteiger partial charge in [0.15, 0.2) is 6.79 Å². The standard InChI is InChI=1S/C15H12N2O4S/c1-20-9-21-13-8-10(6-7-12(13)17(18)19)15-16-11-4-2-3-5-14(11)22-15/h2-8H,9H2,1H3. The first-order valence-electron chi connectivity index (χ1n) is 6.45. The predicted octanol–water partition coefficient (Wildman–Crippen LogP) is 3.85. The van der Waals surface area contributed by atoms with E-state index < -0.39 is 4.92 Å². The summed E-state index contributed by atoms with van der Waals surface area (Å²) in [7, 11) is 1.46. The Hall–Kier alpha value is -2.51. The maximum atomic E-state index is 11.0. The molecule has 22 heavy (non-hydrogen) atoms. The number of hydrogen-bond donors (Lipinski definition) is 0. The van der Waals surface area contributed by atoms with Gasteiger partial charge in [-0.25, -0.2) is 4.98 Å². The third-order valence-corrected chi connectivity index (χ3v) is 4.12. The average Bonchev–Trinajstić information content (AvgIpc) is 2.96. The van der Waals surface area contributed by atoms with Crippen LogP contribution in [0.2, 0.25) is 0 Å². The quantitative estimate of drug-likeness (QED) is 0.406. The van der Waals surface area contributed by atoms with Crippen molar-refractivity contribution in [1.29, 1.82) is 0 Å². The molecule has 0 saturated carbocycles. The Balaban J connectivity index is 2.04. The molecule has 7 heteroatoms. The molecule has 1 aromatic heterocycles. The van der Waals surface area contributed by atoms with Gasteiger partial charge in [-0.1, -0.05) is 12.1 Å². The Kier molecular flexibility index (Phi) is 3.99. The zero-order chi connectivity index (χ0) is 15.5. The molecule has 0 aliphatic rings. The lowest BCUT2D eigenvalue weighted by molar-refractivity contribution is -0.386. The first-order chi connectivity index (χ1) is 10.7. The van der Waals surface area contributed by atoms with E-state index in [4.69, 9.17) is 9.47 Å². The van der Waals surface area contributed by atoms with Crippen LogP contribution in [0.4, 0.5) is 5.69 Å². The third kappa shape index (κ3) is 2.76. The number of nitro groups is 1. The second-order valence-corrected chi connectivity index (χ2v) is 5.51. The second-order valence-electron chi connectivity index (χ2n) is 4.48. The fourth-order valence-electron chi connectivity index (χ4n) is 2.03. The van der Waals surface area contributed by atoms with E-state index in [9.17, 15) is 10.1 Å². The molecule has 0 aliphatic heterocycles. The number of thiazole rings is 1. The van der Waals surface area contributed by atoms with Gasteiger partial charge in [-0.05, 0) is 24.3 Å². The number of rotatable bonds is 5. The summed E-state index contributed by atoms with van der Waals surface area (Å²) < 4.78 is 11.2. The Labute approximate surface area is 130 Å². The van der Waals surface area contributed by atoms with E-state index in [1.807, 2.05) is 24.3 Å². The molecule has 0 unspecified atom stereocenters. The SMILES string of the molecule is COCOc1cc(-c2nc3ccccc3s2)ccc1[N+](=O)[O-]. The molecule has 0 bridgehead atoms. The van der Waals surface area contributed by atoms with Gasteiger partial charge in [0.25, 0.3) is 0 Å². The number of ether oxygens (including phenoxy) is 2. The predicted molar refractivity (Wildman–Crippen MR) is 84.2 cm³/mol. The van der Waals surface area contributed by atoms with E-state index in [-0.39, 0.29) is 18.2 Å². The fraction of sp³-hybridized carbons (Fsp3) is 0.133. The maximum absolute atomic E-state index is 11.0. The maximum Gasteiger partial charge on any atom is 0.311 e. The minimum Gasteiger partial charge on any atom is -0.460 e. The smallest absolute Gasteiger partial charge is 0.311 e. The summed E-state index contributed by atoms with van der Waals surface area (Å²) in [5.41, 5.74) is 1.58. The van der Waals surface area contributed by atoms with Gasteiger partial charge in [0.1, 0.15) is 5.01 Å². The molecule has 0 saturated heterocycles. The highest BCUT2D eigenvalue weighted by Gasteiger charge is 2.17. The lowest BCUT2D eigenvalue weighted by atomic mass is 10.2. The summed E-state index contributed by atoms with van der Waals surface area (Å²) in [5, 5.41) is 11.8. The molecule has 0 aliphatic carbocycles. The van der Waals surface area contributed by atoms with Crippen LogP contribution in [-0.4, -0.2) is 23.8 Å². The van der Waals surface area contributed by atoms with Gasteiger partial charge in [-0.15, -0.1) is 11.3 Å². The fourth-order valence-corrected chi connectivity index (χ4v) is 2.99. The van der Waals surface area contributed by atoms with Crippen molar-refractivity contribution < 1.29 is 14.4 Å². The van der Waals surface area contributed by atoms with E-state index in [2.05, 4.69) is 4.98 Å². The zero-order valence-corrected chi connectivity index (χ0v) is 12.5. The van der Waals surface area contributed by atoms with Gasteiger partial charge in [-0.2, -0.15) is 0 Å². The lowest BCUT2D eigenvalue weighted by Gasteiger charge is -2.06. The zero-order valence-electron chi connectivity index (χ0n) is 11.7. The van der Waals surface area contributed by atoms with Crippen LogP contribution in [0.15, 0.2) is 42.5 Å². The number of methoxy groups -OCH3 is 1. The Morgan fingerprint density at radius 1 is 1.27 bits per heavy atom. The molecule has 2 aromatic carbocycles. The Bertz CT molecular complexity index is 798. The molecule has 0 N–H and O–H groups in total. The molecule has 0 fully saturated rings. The molecule has 0 spiro atoms. The van der Waals surface area contributed by atoms with E-state index in [1.54, 1.807) is 12.1 Å². The van der Waals surface area contributed by atoms with Gasteiger partial charge in [0.05, 0.1) is 15.1 Å². The van der Waals surface area contributed by atoms with Crippen LogP contribution in [0.5, 0.6) is 5.75 Å². The molecular formula is C15H12N2O4S. The molecule has 3 aromatic rings. The first-order valence-corrected chi connectivity index (χ1v) is 7.27. The molecule has 0 amide bonds. The monoisotopic (exact) mass is 316 g/mol. The van der Waals surface area contributed by atoms with E-state index >= 15 is 0 Å². The van der Waals surface area contributed by atoms with Crippen molar-refractivity contribution in [2.75, 3.05) is 13.9 Å². The van der Waals surface area contributed by atoms with Crippen LogP contribution in [0.3, 0.4) is 0 Å². The first kappa shape index (κ1) is 14.4. The van der Waals surface area contributed by atoms with Crippen molar-refractivity contribution in [2.24, 2.45) is 0 Å². The molecule has 1 heterocycles. The van der Waals surface area contributed by atoms with Crippen molar-refractivity contribution in [1.82, 2.24) is 4.98 Å². The van der Waals surface area contributed by atoms with Gasteiger partial charge in [0.2, 0.25) is 5.75 Å². The molecule has 112 valence electrons. The minimum absolute atomic E-state index is 0.0515. The topological polar surface area (TPSA) is 74.5 Å². The number of nitrogens with zero attached hydrogens (tertiary/aromatic N) is 2. The van der Waals surface area contributed by atoms with Gasteiger partial charge in [-0.3, -0.25) is 10.1 Å². The molecule has 0 atom stereocenters. The molecule has 3 rings (SSSR count). The minimum atomic E-state index is -0.479. The van der Waals surface area contributed by atoms with Crippen LogP contribution in [0.1, 0.15) is 0 Å². The molecule has 0 radical (unpaired) electrons. The summed E-state index contributed by atoms with van der Waals surface area (Å²) >= 11 is 1.53. The highest BCUT2D eigenvalue weighted by molar-refractivity contribution is 7.21. The summed E-state index contributed by atoms with van der Waals surface area (Å²) in [6.07, 6.45) is 0. The van der Waals surface area contributed by atoms with Crippen molar-refractivity contribution in [2.45, 2.75) is 0 Å². The highest BCUT2D eigenvalue weighted by Crippen LogP contribution is 2.35. The van der Waals surface area contributed by atoms with Gasteiger partial charge < -0.3 is 9.47 Å². The van der Waals surface area contributed by atoms with E-state index in [1.165, 1.54) is 24.5 Å².